The molecule has 94 valence electrons. The number of H-pyrrole nitrogens is 1. The number of nitrogens with zero attached hydrogens (tertiary/aromatic N) is 2. The lowest BCUT2D eigenvalue weighted by molar-refractivity contribution is 0.125. The summed E-state index contributed by atoms with van der Waals surface area (Å²) in [4.78, 5) is 10.3. The van der Waals surface area contributed by atoms with E-state index >= 15 is 0 Å². The minimum absolute atomic E-state index is 0.656. The lowest BCUT2D eigenvalue weighted by Gasteiger charge is -2.39. The molecular formula is C13H22N4. The molecule has 0 saturated carbocycles. The van der Waals surface area contributed by atoms with Crippen LogP contribution in [0.5, 0.6) is 0 Å². The van der Waals surface area contributed by atoms with Crippen molar-refractivity contribution in [1.82, 2.24) is 20.2 Å². The normalized spacial score (nSPS) is 25.2. The maximum atomic E-state index is 4.39. The van der Waals surface area contributed by atoms with Gasteiger partial charge in [0.25, 0.3) is 0 Å². The predicted molar refractivity (Wildman–Crippen MR) is 68.0 cm³/mol. The molecule has 4 heteroatoms. The zero-order chi connectivity index (χ0) is 11.5. The van der Waals surface area contributed by atoms with Crippen molar-refractivity contribution >= 4 is 0 Å². The van der Waals surface area contributed by atoms with Crippen molar-refractivity contribution < 1.29 is 0 Å². The average molecular weight is 234 g/mol. The van der Waals surface area contributed by atoms with E-state index in [4.69, 9.17) is 0 Å². The van der Waals surface area contributed by atoms with Gasteiger partial charge in [-0.3, -0.25) is 0 Å². The van der Waals surface area contributed by atoms with Crippen molar-refractivity contribution in [1.29, 1.82) is 0 Å². The first-order chi connectivity index (χ1) is 8.43. The molecule has 0 aliphatic carbocycles. The number of piperidine rings is 2. The summed E-state index contributed by atoms with van der Waals surface area (Å²) in [5.41, 5.74) is 0. The predicted octanol–water partition coefficient (Wildman–Crippen LogP) is 1.34. The van der Waals surface area contributed by atoms with Crippen LogP contribution in [0, 0.1) is 0 Å². The first-order valence-corrected chi connectivity index (χ1v) is 6.87. The first kappa shape index (κ1) is 11.2. The Hall–Kier alpha value is -0.870. The van der Waals surface area contributed by atoms with Crippen LogP contribution in [0.1, 0.15) is 37.4 Å². The van der Waals surface area contributed by atoms with Crippen LogP contribution in [0.2, 0.25) is 0 Å². The van der Waals surface area contributed by atoms with Crippen LogP contribution in [0.4, 0.5) is 0 Å². The van der Waals surface area contributed by atoms with Gasteiger partial charge in [0.1, 0.15) is 5.82 Å². The third-order valence-electron chi connectivity index (χ3n) is 4.26. The molecule has 0 atom stereocenters. The molecule has 0 amide bonds. The van der Waals surface area contributed by atoms with Crippen molar-refractivity contribution in [3.8, 4) is 0 Å². The van der Waals surface area contributed by atoms with Gasteiger partial charge in [-0.25, -0.2) is 4.98 Å². The van der Waals surface area contributed by atoms with Crippen LogP contribution in [-0.4, -0.2) is 47.1 Å². The molecule has 3 rings (SSSR count). The maximum Gasteiger partial charge on any atom is 0.109 e. The molecule has 2 saturated heterocycles. The highest BCUT2D eigenvalue weighted by Gasteiger charge is 2.27. The van der Waals surface area contributed by atoms with Gasteiger partial charge in [-0.2, -0.15) is 0 Å². The van der Waals surface area contributed by atoms with E-state index in [-0.39, 0.29) is 0 Å². The van der Waals surface area contributed by atoms with Crippen molar-refractivity contribution in [3.05, 3.63) is 18.2 Å². The van der Waals surface area contributed by atoms with Gasteiger partial charge < -0.3 is 15.2 Å². The SMILES string of the molecule is c1c[nH]c(C2CCN(C3CCNCC3)CC2)n1. The van der Waals surface area contributed by atoms with Gasteiger partial charge in [-0.05, 0) is 51.9 Å². The van der Waals surface area contributed by atoms with E-state index in [9.17, 15) is 0 Å². The van der Waals surface area contributed by atoms with E-state index in [0.717, 1.165) is 6.04 Å². The highest BCUT2D eigenvalue weighted by atomic mass is 15.2. The molecule has 0 aromatic carbocycles. The molecule has 0 bridgehead atoms. The van der Waals surface area contributed by atoms with Crippen LogP contribution in [0.15, 0.2) is 12.4 Å². The monoisotopic (exact) mass is 234 g/mol. The van der Waals surface area contributed by atoms with Gasteiger partial charge in [-0.15, -0.1) is 0 Å². The lowest BCUT2D eigenvalue weighted by Crippen LogP contribution is -2.46. The van der Waals surface area contributed by atoms with E-state index in [1.165, 1.54) is 57.7 Å². The largest absolute Gasteiger partial charge is 0.348 e. The van der Waals surface area contributed by atoms with E-state index in [1.54, 1.807) is 0 Å². The number of aromatic amines is 1. The first-order valence-electron chi connectivity index (χ1n) is 6.87. The molecule has 2 aliphatic rings. The molecule has 2 fully saturated rings. The summed E-state index contributed by atoms with van der Waals surface area (Å²) in [6, 6.07) is 0.828. The summed E-state index contributed by atoms with van der Waals surface area (Å²) in [5.74, 6) is 1.85. The summed E-state index contributed by atoms with van der Waals surface area (Å²) in [7, 11) is 0. The highest BCUT2D eigenvalue weighted by Crippen LogP contribution is 2.27. The van der Waals surface area contributed by atoms with Crippen LogP contribution < -0.4 is 5.32 Å². The number of rotatable bonds is 2. The summed E-state index contributed by atoms with van der Waals surface area (Å²) in [6.45, 7) is 4.89. The number of likely N-dealkylation sites (tertiary alicyclic amines) is 1. The summed E-state index contributed by atoms with van der Waals surface area (Å²) in [5, 5.41) is 3.44. The van der Waals surface area contributed by atoms with Gasteiger partial charge in [-0.1, -0.05) is 0 Å². The molecule has 1 aromatic heterocycles. The molecule has 0 spiro atoms. The Kier molecular flexibility index (Phi) is 3.43. The fraction of sp³-hybridized carbons (Fsp3) is 0.769. The summed E-state index contributed by atoms with van der Waals surface area (Å²) < 4.78 is 0. The van der Waals surface area contributed by atoms with Gasteiger partial charge >= 0.3 is 0 Å². The molecule has 2 N–H and O–H groups in total. The van der Waals surface area contributed by atoms with Gasteiger partial charge in [0.2, 0.25) is 0 Å². The Morgan fingerprint density at radius 2 is 1.88 bits per heavy atom. The number of hydrogen-bond acceptors (Lipinski definition) is 3. The summed E-state index contributed by atoms with van der Waals surface area (Å²) in [6.07, 6.45) is 8.98. The summed E-state index contributed by atoms with van der Waals surface area (Å²) >= 11 is 0. The molecule has 3 heterocycles. The second-order valence-corrected chi connectivity index (χ2v) is 5.27. The van der Waals surface area contributed by atoms with Gasteiger partial charge in [0, 0.05) is 24.4 Å². The topological polar surface area (TPSA) is 44.0 Å². The Balaban J connectivity index is 1.53. The standard InChI is InChI=1S/C13H22N4/c1-5-14-6-2-12(1)17-9-3-11(4-10-17)13-15-7-8-16-13/h7-8,11-12,14H,1-6,9-10H2,(H,15,16). The maximum absolute atomic E-state index is 4.39. The van der Waals surface area contributed by atoms with E-state index in [1.807, 2.05) is 12.4 Å². The van der Waals surface area contributed by atoms with Gasteiger partial charge in [0.05, 0.1) is 0 Å². The van der Waals surface area contributed by atoms with Crippen LogP contribution in [-0.2, 0) is 0 Å². The Bertz CT molecular complexity index is 321. The fourth-order valence-corrected chi connectivity index (χ4v) is 3.21. The highest BCUT2D eigenvalue weighted by molar-refractivity contribution is 4.99. The van der Waals surface area contributed by atoms with Crippen molar-refractivity contribution in [2.45, 2.75) is 37.6 Å². The molecule has 0 radical (unpaired) electrons. The number of imidazole rings is 1. The smallest absolute Gasteiger partial charge is 0.109 e. The van der Waals surface area contributed by atoms with E-state index in [2.05, 4.69) is 20.2 Å². The van der Waals surface area contributed by atoms with E-state index in [0.29, 0.717) is 5.92 Å². The Morgan fingerprint density at radius 1 is 1.12 bits per heavy atom. The van der Waals surface area contributed by atoms with Crippen LogP contribution in [0.25, 0.3) is 0 Å². The Labute approximate surface area is 103 Å². The minimum atomic E-state index is 0.656. The lowest BCUT2D eigenvalue weighted by atomic mass is 9.93. The number of hydrogen-bond donors (Lipinski definition) is 2. The quantitative estimate of drug-likeness (QED) is 0.811. The van der Waals surface area contributed by atoms with Crippen LogP contribution >= 0.6 is 0 Å². The molecule has 1 aromatic rings. The fourth-order valence-electron chi connectivity index (χ4n) is 3.21. The Morgan fingerprint density at radius 3 is 2.53 bits per heavy atom. The number of nitrogens with one attached hydrogen (secondary N) is 2. The van der Waals surface area contributed by atoms with Crippen LogP contribution in [0.3, 0.4) is 0 Å². The van der Waals surface area contributed by atoms with E-state index < -0.39 is 0 Å². The number of aromatic nitrogens is 2. The average Bonchev–Trinajstić information content (AvgIpc) is 2.94. The molecule has 4 nitrogen and oxygen atoms in total. The molecule has 17 heavy (non-hydrogen) atoms. The molecule has 2 aliphatic heterocycles. The minimum Gasteiger partial charge on any atom is -0.348 e. The second-order valence-electron chi connectivity index (χ2n) is 5.27. The van der Waals surface area contributed by atoms with Crippen molar-refractivity contribution in [2.75, 3.05) is 26.2 Å². The third kappa shape index (κ3) is 2.53. The second kappa shape index (κ2) is 5.19. The molecular weight excluding hydrogens is 212 g/mol. The van der Waals surface area contributed by atoms with Gasteiger partial charge in [0.15, 0.2) is 0 Å². The van der Waals surface area contributed by atoms with Crippen molar-refractivity contribution in [3.63, 3.8) is 0 Å². The zero-order valence-electron chi connectivity index (χ0n) is 10.4. The zero-order valence-corrected chi connectivity index (χ0v) is 10.4. The molecule has 0 unspecified atom stereocenters. The third-order valence-corrected chi connectivity index (χ3v) is 4.26. The van der Waals surface area contributed by atoms with Crippen molar-refractivity contribution in [2.24, 2.45) is 0 Å².